The van der Waals surface area contributed by atoms with Crippen LogP contribution in [0.4, 0.5) is 10.5 Å². The van der Waals surface area contributed by atoms with Crippen LogP contribution in [0.5, 0.6) is 11.5 Å². The van der Waals surface area contributed by atoms with Crippen LogP contribution in [0, 0.1) is 15.9 Å². The molecule has 0 aliphatic carbocycles. The van der Waals surface area contributed by atoms with Gasteiger partial charge in [0.2, 0.25) is 0 Å². The molecular weight excluding hydrogens is 513 g/mol. The first-order valence-corrected chi connectivity index (χ1v) is 10.2. The molecule has 1 saturated heterocycles. The number of carbonyl (C=O) groups is 2. The zero-order valence-electron chi connectivity index (χ0n) is 14.6. The maximum atomic E-state index is 12.8. The van der Waals surface area contributed by atoms with Gasteiger partial charge in [0.15, 0.2) is 11.5 Å². The standard InChI is InChI=1S/C20H13ClINO4S/c1-3-7-27-18-15(22)8-12(9-16(18)26-2)10-17-19(24)23(20(25)28-17)14-6-4-5-13(21)11-14/h1,4-6,8-11H,7H2,2H3/b17-10+. The Hall–Kier alpha value is -2.15. The zero-order chi connectivity index (χ0) is 20.3. The van der Waals surface area contributed by atoms with E-state index in [1.54, 1.807) is 36.4 Å². The Balaban J connectivity index is 1.94. The van der Waals surface area contributed by atoms with Crippen molar-refractivity contribution in [3.05, 3.63) is 55.5 Å². The van der Waals surface area contributed by atoms with Crippen LogP contribution in [0.2, 0.25) is 5.02 Å². The van der Waals surface area contributed by atoms with Gasteiger partial charge in [0, 0.05) is 5.02 Å². The van der Waals surface area contributed by atoms with E-state index in [9.17, 15) is 9.59 Å². The fraction of sp³-hybridized carbons (Fsp3) is 0.100. The van der Waals surface area contributed by atoms with Gasteiger partial charge in [-0.1, -0.05) is 23.6 Å². The molecule has 0 aromatic heterocycles. The average molecular weight is 526 g/mol. The molecule has 2 aromatic carbocycles. The van der Waals surface area contributed by atoms with Crippen molar-refractivity contribution in [2.24, 2.45) is 0 Å². The van der Waals surface area contributed by atoms with Crippen LogP contribution in [0.25, 0.3) is 6.08 Å². The number of anilines is 1. The molecule has 2 amide bonds. The number of rotatable bonds is 5. The molecule has 28 heavy (non-hydrogen) atoms. The molecule has 1 aliphatic rings. The molecule has 0 N–H and O–H groups in total. The van der Waals surface area contributed by atoms with Gasteiger partial charge in [-0.2, -0.15) is 0 Å². The van der Waals surface area contributed by atoms with E-state index in [-0.39, 0.29) is 11.8 Å². The second-order valence-corrected chi connectivity index (χ2v) is 8.12. The first-order chi connectivity index (χ1) is 13.4. The van der Waals surface area contributed by atoms with E-state index in [0.717, 1.165) is 20.2 Å². The minimum atomic E-state index is -0.404. The maximum Gasteiger partial charge on any atom is 0.298 e. The zero-order valence-corrected chi connectivity index (χ0v) is 18.3. The summed E-state index contributed by atoms with van der Waals surface area (Å²) in [4.78, 5) is 26.6. The van der Waals surface area contributed by atoms with Crippen LogP contribution >= 0.6 is 46.0 Å². The lowest BCUT2D eigenvalue weighted by molar-refractivity contribution is -0.113. The number of hydrogen-bond acceptors (Lipinski definition) is 5. The van der Waals surface area contributed by atoms with E-state index in [2.05, 4.69) is 28.5 Å². The van der Waals surface area contributed by atoms with Gasteiger partial charge in [-0.05, 0) is 76.3 Å². The third-order valence-electron chi connectivity index (χ3n) is 3.71. The van der Waals surface area contributed by atoms with Crippen LogP contribution in [-0.4, -0.2) is 24.9 Å². The molecule has 0 spiro atoms. The molecule has 1 fully saturated rings. The fourth-order valence-electron chi connectivity index (χ4n) is 2.53. The summed E-state index contributed by atoms with van der Waals surface area (Å²) in [6.07, 6.45) is 6.89. The van der Waals surface area contributed by atoms with E-state index >= 15 is 0 Å². The van der Waals surface area contributed by atoms with Crippen molar-refractivity contribution < 1.29 is 19.1 Å². The molecule has 0 radical (unpaired) electrons. The smallest absolute Gasteiger partial charge is 0.298 e. The third kappa shape index (κ3) is 4.29. The number of methoxy groups -OCH3 is 1. The summed E-state index contributed by atoms with van der Waals surface area (Å²) in [5.74, 6) is 3.03. The summed E-state index contributed by atoms with van der Waals surface area (Å²) >= 11 is 8.95. The van der Waals surface area contributed by atoms with Gasteiger partial charge in [0.1, 0.15) is 6.61 Å². The summed E-state index contributed by atoms with van der Waals surface area (Å²) in [6.45, 7) is 0.115. The predicted molar refractivity (Wildman–Crippen MR) is 120 cm³/mol. The first-order valence-electron chi connectivity index (χ1n) is 7.92. The quantitative estimate of drug-likeness (QED) is 0.305. The lowest BCUT2D eigenvalue weighted by atomic mass is 10.1. The molecule has 0 saturated carbocycles. The largest absolute Gasteiger partial charge is 0.493 e. The molecule has 0 bridgehead atoms. The Kier molecular flexibility index (Phi) is 6.54. The Labute approximate surface area is 185 Å². The topological polar surface area (TPSA) is 55.8 Å². The van der Waals surface area contributed by atoms with Crippen molar-refractivity contribution in [2.75, 3.05) is 18.6 Å². The summed E-state index contributed by atoms with van der Waals surface area (Å²) in [5, 5.41) is 0.0662. The fourth-order valence-corrected chi connectivity index (χ4v) is 4.34. The van der Waals surface area contributed by atoms with Crippen molar-refractivity contribution in [3.63, 3.8) is 0 Å². The number of amides is 2. The van der Waals surface area contributed by atoms with Crippen molar-refractivity contribution in [3.8, 4) is 23.8 Å². The van der Waals surface area contributed by atoms with Crippen LogP contribution in [0.15, 0.2) is 41.3 Å². The van der Waals surface area contributed by atoms with E-state index in [0.29, 0.717) is 32.7 Å². The van der Waals surface area contributed by atoms with Gasteiger partial charge in [-0.15, -0.1) is 6.42 Å². The monoisotopic (exact) mass is 525 g/mol. The van der Waals surface area contributed by atoms with Crippen molar-refractivity contribution in [1.29, 1.82) is 0 Å². The molecule has 1 aliphatic heterocycles. The molecule has 2 aromatic rings. The van der Waals surface area contributed by atoms with Crippen molar-refractivity contribution >= 4 is 68.9 Å². The van der Waals surface area contributed by atoms with Gasteiger partial charge < -0.3 is 9.47 Å². The van der Waals surface area contributed by atoms with E-state index in [1.807, 2.05) is 6.07 Å². The van der Waals surface area contributed by atoms with E-state index < -0.39 is 5.91 Å². The summed E-state index contributed by atoms with van der Waals surface area (Å²) in [7, 11) is 1.52. The second kappa shape index (κ2) is 8.90. The number of halogens is 2. The number of terminal acetylenes is 1. The van der Waals surface area contributed by atoms with Crippen LogP contribution in [0.3, 0.4) is 0 Å². The minimum Gasteiger partial charge on any atom is -0.493 e. The van der Waals surface area contributed by atoms with Gasteiger partial charge in [0.25, 0.3) is 11.1 Å². The molecular formula is C20H13ClINO4S. The SMILES string of the molecule is C#CCOc1c(I)cc(/C=C2/SC(=O)N(c3cccc(Cl)c3)C2=O)cc1OC. The highest BCUT2D eigenvalue weighted by Crippen LogP contribution is 2.39. The number of imide groups is 1. The van der Waals surface area contributed by atoms with Crippen LogP contribution in [0.1, 0.15) is 5.56 Å². The predicted octanol–water partition coefficient (Wildman–Crippen LogP) is 5.21. The summed E-state index contributed by atoms with van der Waals surface area (Å²) in [6, 6.07) is 10.1. The molecule has 142 valence electrons. The number of benzene rings is 2. The highest BCUT2D eigenvalue weighted by molar-refractivity contribution is 14.1. The van der Waals surface area contributed by atoms with Gasteiger partial charge in [-0.3, -0.25) is 9.59 Å². The highest BCUT2D eigenvalue weighted by atomic mass is 127. The Bertz CT molecular complexity index is 1030. The average Bonchev–Trinajstić information content (AvgIpc) is 2.93. The summed E-state index contributed by atoms with van der Waals surface area (Å²) in [5.41, 5.74) is 1.13. The first kappa shape index (κ1) is 20.6. The Morgan fingerprint density at radius 3 is 2.79 bits per heavy atom. The molecule has 3 rings (SSSR count). The van der Waals surface area contributed by atoms with Crippen molar-refractivity contribution in [2.45, 2.75) is 0 Å². The number of hydrogen-bond donors (Lipinski definition) is 0. The lowest BCUT2D eigenvalue weighted by Crippen LogP contribution is -2.27. The highest BCUT2D eigenvalue weighted by Gasteiger charge is 2.36. The number of nitrogens with zero attached hydrogens (tertiary/aromatic N) is 1. The molecule has 0 unspecified atom stereocenters. The Morgan fingerprint density at radius 2 is 2.11 bits per heavy atom. The van der Waals surface area contributed by atoms with Crippen LogP contribution < -0.4 is 14.4 Å². The minimum absolute atomic E-state index is 0.115. The normalized spacial score (nSPS) is 15.1. The molecule has 1 heterocycles. The van der Waals surface area contributed by atoms with Gasteiger partial charge >= 0.3 is 0 Å². The molecule has 8 heteroatoms. The third-order valence-corrected chi connectivity index (χ3v) is 5.62. The van der Waals surface area contributed by atoms with Crippen LogP contribution in [-0.2, 0) is 4.79 Å². The van der Waals surface area contributed by atoms with Gasteiger partial charge in [0.05, 0.1) is 21.3 Å². The Morgan fingerprint density at radius 1 is 1.32 bits per heavy atom. The number of carbonyl (C=O) groups excluding carboxylic acids is 2. The second-order valence-electron chi connectivity index (χ2n) is 5.52. The molecule has 5 nitrogen and oxygen atoms in total. The van der Waals surface area contributed by atoms with Gasteiger partial charge in [-0.25, -0.2) is 4.90 Å². The van der Waals surface area contributed by atoms with E-state index in [1.165, 1.54) is 7.11 Å². The molecule has 0 atom stereocenters. The number of ether oxygens (including phenoxy) is 2. The van der Waals surface area contributed by atoms with E-state index in [4.69, 9.17) is 27.5 Å². The van der Waals surface area contributed by atoms with Crippen molar-refractivity contribution in [1.82, 2.24) is 0 Å². The lowest BCUT2D eigenvalue weighted by Gasteiger charge is -2.13. The number of thioether (sulfide) groups is 1. The maximum absolute atomic E-state index is 12.8. The summed E-state index contributed by atoms with van der Waals surface area (Å²) < 4.78 is 11.7.